The Labute approximate surface area is 123 Å². The molecule has 2 heterocycles. The Morgan fingerprint density at radius 2 is 2.16 bits per heavy atom. The lowest BCUT2D eigenvalue weighted by atomic mass is 10.2. The Hall–Kier alpha value is -1.11. The minimum Gasteiger partial charge on any atom is -0.380 e. The van der Waals surface area contributed by atoms with Crippen LogP contribution in [0.2, 0.25) is 10.0 Å². The first-order valence-electron chi connectivity index (χ1n) is 5.78. The molecule has 1 unspecified atom stereocenters. The highest BCUT2D eigenvalue weighted by atomic mass is 35.5. The summed E-state index contributed by atoms with van der Waals surface area (Å²) in [5.74, 6) is 0.0921. The largest absolute Gasteiger partial charge is 0.380 e. The zero-order valence-corrected chi connectivity index (χ0v) is 12.1. The lowest BCUT2D eigenvalue weighted by Crippen LogP contribution is -2.31. The Kier molecular flexibility index (Phi) is 3.47. The second kappa shape index (κ2) is 5.11. The van der Waals surface area contributed by atoms with Crippen molar-refractivity contribution < 1.29 is 4.79 Å². The molecule has 0 radical (unpaired) electrons. The zero-order chi connectivity index (χ0) is 13.4. The van der Waals surface area contributed by atoms with Crippen molar-refractivity contribution in [3.63, 3.8) is 0 Å². The van der Waals surface area contributed by atoms with Crippen LogP contribution in [0.5, 0.6) is 0 Å². The fraction of sp³-hybridized carbons (Fsp3) is 0.364. The quantitative estimate of drug-likeness (QED) is 0.911. The number of amides is 1. The van der Waals surface area contributed by atoms with Gasteiger partial charge in [-0.25, -0.2) is 0 Å². The van der Waals surface area contributed by atoms with Gasteiger partial charge >= 0.3 is 0 Å². The first kappa shape index (κ1) is 12.9. The number of anilines is 1. The summed E-state index contributed by atoms with van der Waals surface area (Å²) >= 11 is 13.3. The summed E-state index contributed by atoms with van der Waals surface area (Å²) in [7, 11) is 0. The van der Waals surface area contributed by atoms with Gasteiger partial charge in [-0.05, 0) is 12.5 Å². The van der Waals surface area contributed by atoms with Crippen LogP contribution in [0.25, 0.3) is 0 Å². The van der Waals surface area contributed by atoms with E-state index in [9.17, 15) is 4.79 Å². The van der Waals surface area contributed by atoms with Crippen LogP contribution in [0.4, 0.5) is 17.1 Å². The second-order valence-corrected chi connectivity index (χ2v) is 5.70. The van der Waals surface area contributed by atoms with Crippen LogP contribution < -0.4 is 10.6 Å². The average molecular weight is 317 g/mol. The van der Waals surface area contributed by atoms with Gasteiger partial charge in [0.2, 0.25) is 5.91 Å². The molecule has 0 bridgehead atoms. The minimum atomic E-state index is 0.0921. The Morgan fingerprint density at radius 3 is 2.89 bits per heavy atom. The third kappa shape index (κ3) is 2.48. The van der Waals surface area contributed by atoms with E-state index in [1.807, 2.05) is 0 Å². The molecule has 2 aliphatic rings. The van der Waals surface area contributed by atoms with Crippen molar-refractivity contribution in [3.05, 3.63) is 16.1 Å². The molecule has 3 rings (SSSR count). The molecule has 1 atom stereocenters. The molecule has 1 saturated heterocycles. The number of nitrogens with zero attached hydrogens (tertiary/aromatic N) is 2. The van der Waals surface area contributed by atoms with E-state index < -0.39 is 0 Å². The van der Waals surface area contributed by atoms with Crippen molar-refractivity contribution >= 4 is 57.5 Å². The van der Waals surface area contributed by atoms with Crippen molar-refractivity contribution in [2.45, 2.75) is 18.9 Å². The van der Waals surface area contributed by atoms with E-state index in [0.717, 1.165) is 23.5 Å². The number of rotatable bonds is 3. The molecule has 5 nitrogen and oxygen atoms in total. The van der Waals surface area contributed by atoms with E-state index in [1.54, 1.807) is 6.07 Å². The summed E-state index contributed by atoms with van der Waals surface area (Å²) in [6.07, 6.45) is 1.41. The molecule has 0 saturated carbocycles. The molecule has 0 aliphatic carbocycles. The lowest BCUT2D eigenvalue weighted by Gasteiger charge is -2.15. The van der Waals surface area contributed by atoms with Gasteiger partial charge in [-0.15, -0.1) is 0 Å². The molecule has 1 aromatic carbocycles. The second-order valence-electron chi connectivity index (χ2n) is 4.36. The molecule has 100 valence electrons. The summed E-state index contributed by atoms with van der Waals surface area (Å²) in [5, 5.41) is 7.13. The summed E-state index contributed by atoms with van der Waals surface area (Å²) in [5.41, 5.74) is 2.04. The number of carbonyl (C=O) groups excluding carboxylic acids is 1. The summed E-state index contributed by atoms with van der Waals surface area (Å²) < 4.78 is 8.35. The van der Waals surface area contributed by atoms with E-state index in [-0.39, 0.29) is 11.9 Å². The molecule has 8 heteroatoms. The van der Waals surface area contributed by atoms with Gasteiger partial charge in [0.05, 0.1) is 27.1 Å². The predicted octanol–water partition coefficient (Wildman–Crippen LogP) is 3.41. The Bertz CT molecular complexity index is 628. The maximum atomic E-state index is 11.1. The predicted molar refractivity (Wildman–Crippen MR) is 77.7 cm³/mol. The van der Waals surface area contributed by atoms with Crippen LogP contribution in [0.15, 0.2) is 14.8 Å². The maximum Gasteiger partial charge on any atom is 0.220 e. The zero-order valence-electron chi connectivity index (χ0n) is 9.74. The molecule has 1 fully saturated rings. The number of carbonyl (C=O) groups is 1. The van der Waals surface area contributed by atoms with Crippen molar-refractivity contribution in [1.29, 1.82) is 0 Å². The van der Waals surface area contributed by atoms with Gasteiger partial charge in [0.15, 0.2) is 0 Å². The number of hydrogen-bond acceptors (Lipinski definition) is 4. The van der Waals surface area contributed by atoms with Crippen LogP contribution >= 0.6 is 23.2 Å². The van der Waals surface area contributed by atoms with Gasteiger partial charge in [0, 0.05) is 19.0 Å². The molecule has 0 aromatic heterocycles. The highest BCUT2D eigenvalue weighted by Gasteiger charge is 2.23. The molecule has 2 N–H and O–H groups in total. The Balaban J connectivity index is 1.80. The van der Waals surface area contributed by atoms with Gasteiger partial charge in [-0.3, -0.25) is 4.79 Å². The standard InChI is InChI=1S/C11H10Cl2N4OS/c12-6-3-7(13)10-11(17-19-16-10)9(6)14-4-5-1-2-8(18)15-5/h3,5,14H,1-2,4H2,(H,15,18). The third-order valence-electron chi connectivity index (χ3n) is 3.05. The highest BCUT2D eigenvalue weighted by Crippen LogP contribution is 2.47. The van der Waals surface area contributed by atoms with Crippen molar-refractivity contribution in [2.24, 2.45) is 8.73 Å². The highest BCUT2D eigenvalue weighted by molar-refractivity contribution is 7.58. The molecular weight excluding hydrogens is 307 g/mol. The van der Waals surface area contributed by atoms with Gasteiger partial charge < -0.3 is 10.6 Å². The fourth-order valence-electron chi connectivity index (χ4n) is 2.10. The fourth-order valence-corrected chi connectivity index (χ4v) is 3.28. The first-order chi connectivity index (χ1) is 9.15. The van der Waals surface area contributed by atoms with Crippen LogP contribution in [0, 0.1) is 0 Å². The Morgan fingerprint density at radius 1 is 1.37 bits per heavy atom. The van der Waals surface area contributed by atoms with Crippen molar-refractivity contribution in [1.82, 2.24) is 5.32 Å². The van der Waals surface area contributed by atoms with Gasteiger partial charge in [-0.2, -0.15) is 8.73 Å². The summed E-state index contributed by atoms with van der Waals surface area (Å²) in [4.78, 5) is 11.1. The number of hydrogen-bond donors (Lipinski definition) is 2. The van der Waals surface area contributed by atoms with Crippen LogP contribution in [-0.4, -0.2) is 18.5 Å². The topological polar surface area (TPSA) is 65.8 Å². The molecule has 19 heavy (non-hydrogen) atoms. The SMILES string of the molecule is O=C1CCC(CNc2c(Cl)cc(Cl)c3c2N=S=N3)N1. The van der Waals surface area contributed by atoms with Gasteiger partial charge in [-0.1, -0.05) is 23.2 Å². The molecule has 1 amide bonds. The molecular formula is C11H10Cl2N4OS. The van der Waals surface area contributed by atoms with E-state index in [4.69, 9.17) is 23.2 Å². The van der Waals surface area contributed by atoms with E-state index >= 15 is 0 Å². The summed E-state index contributed by atoms with van der Waals surface area (Å²) in [6, 6.07) is 1.78. The van der Waals surface area contributed by atoms with Crippen molar-refractivity contribution in [3.8, 4) is 0 Å². The third-order valence-corrected chi connectivity index (χ3v) is 4.17. The normalized spacial score (nSPS) is 20.1. The number of benzene rings is 1. The lowest BCUT2D eigenvalue weighted by molar-refractivity contribution is -0.119. The van der Waals surface area contributed by atoms with Crippen LogP contribution in [0.3, 0.4) is 0 Å². The van der Waals surface area contributed by atoms with Gasteiger partial charge in [0.1, 0.15) is 11.4 Å². The molecule has 1 aromatic rings. The number of halogens is 2. The molecule has 2 aliphatic heterocycles. The van der Waals surface area contributed by atoms with E-state index in [1.165, 1.54) is 0 Å². The van der Waals surface area contributed by atoms with E-state index in [0.29, 0.717) is 34.4 Å². The monoisotopic (exact) mass is 316 g/mol. The van der Waals surface area contributed by atoms with Crippen LogP contribution in [-0.2, 0) is 16.1 Å². The van der Waals surface area contributed by atoms with E-state index in [2.05, 4.69) is 19.4 Å². The first-order valence-corrected chi connectivity index (χ1v) is 7.27. The van der Waals surface area contributed by atoms with Crippen LogP contribution in [0.1, 0.15) is 12.8 Å². The number of nitrogens with one attached hydrogen (secondary N) is 2. The van der Waals surface area contributed by atoms with Crippen molar-refractivity contribution in [2.75, 3.05) is 11.9 Å². The summed E-state index contributed by atoms with van der Waals surface area (Å²) in [6.45, 7) is 0.611. The smallest absolute Gasteiger partial charge is 0.220 e. The maximum absolute atomic E-state index is 11.1. The average Bonchev–Trinajstić information content (AvgIpc) is 2.98. The van der Waals surface area contributed by atoms with Gasteiger partial charge in [0.25, 0.3) is 0 Å². The molecule has 0 spiro atoms. The number of fused-ring (bicyclic) bond motifs is 1. The minimum absolute atomic E-state index is 0.0921.